The second kappa shape index (κ2) is 6.83. The molecule has 0 fully saturated rings. The van der Waals surface area contributed by atoms with E-state index >= 15 is 0 Å². The van der Waals surface area contributed by atoms with E-state index in [2.05, 4.69) is 66.6 Å². The van der Waals surface area contributed by atoms with E-state index in [1.807, 2.05) is 12.1 Å². The Morgan fingerprint density at radius 2 is 2.08 bits per heavy atom. The standard InChI is InChI=1S/C23H24N2O/c1-3-14-24-23(26)20-9-5-8-19-17-6-4-7-18(17)21(25-22(19)20)16-12-10-15(2)11-13-16/h3-6,8-13,17-18,21,25H,1,7,14H2,2H3,(H,24,26). The molecular formula is C23H24N2O. The Kier molecular flexibility index (Phi) is 4.37. The van der Waals surface area contributed by atoms with Crippen molar-refractivity contribution in [3.63, 3.8) is 0 Å². The number of anilines is 1. The second-order valence-electron chi connectivity index (χ2n) is 7.15. The molecule has 2 N–H and O–H groups in total. The van der Waals surface area contributed by atoms with Crippen molar-refractivity contribution in [2.75, 3.05) is 11.9 Å². The number of carbonyl (C=O) groups is 1. The Labute approximate surface area is 154 Å². The first-order chi connectivity index (χ1) is 12.7. The van der Waals surface area contributed by atoms with E-state index in [1.54, 1.807) is 6.08 Å². The van der Waals surface area contributed by atoms with Crippen LogP contribution >= 0.6 is 0 Å². The summed E-state index contributed by atoms with van der Waals surface area (Å²) in [6, 6.07) is 15.0. The average molecular weight is 344 g/mol. The number of benzene rings is 2. The van der Waals surface area contributed by atoms with Crippen molar-refractivity contribution < 1.29 is 4.79 Å². The SMILES string of the molecule is C=CCNC(=O)c1cccc2c1NC(c1ccc(C)cc1)C1CC=CC21. The van der Waals surface area contributed by atoms with Gasteiger partial charge in [-0.15, -0.1) is 6.58 Å². The van der Waals surface area contributed by atoms with Gasteiger partial charge < -0.3 is 10.6 Å². The van der Waals surface area contributed by atoms with Crippen LogP contribution < -0.4 is 10.6 Å². The van der Waals surface area contributed by atoms with E-state index in [0.29, 0.717) is 23.9 Å². The van der Waals surface area contributed by atoms with Gasteiger partial charge in [0, 0.05) is 12.5 Å². The molecule has 26 heavy (non-hydrogen) atoms. The maximum absolute atomic E-state index is 12.6. The van der Waals surface area contributed by atoms with Crippen LogP contribution in [0.5, 0.6) is 0 Å². The van der Waals surface area contributed by atoms with E-state index in [1.165, 1.54) is 16.7 Å². The minimum absolute atomic E-state index is 0.0580. The molecule has 3 heteroatoms. The smallest absolute Gasteiger partial charge is 0.253 e. The van der Waals surface area contributed by atoms with Gasteiger partial charge >= 0.3 is 0 Å². The van der Waals surface area contributed by atoms with Gasteiger partial charge in [0.25, 0.3) is 5.91 Å². The van der Waals surface area contributed by atoms with E-state index in [0.717, 1.165) is 12.1 Å². The molecular weight excluding hydrogens is 320 g/mol. The van der Waals surface area contributed by atoms with Crippen LogP contribution in [0.3, 0.4) is 0 Å². The minimum atomic E-state index is -0.0580. The average Bonchev–Trinajstić information content (AvgIpc) is 3.16. The van der Waals surface area contributed by atoms with Crippen LogP contribution in [-0.2, 0) is 0 Å². The highest BCUT2D eigenvalue weighted by Gasteiger charge is 2.39. The molecule has 3 unspecified atom stereocenters. The third-order valence-corrected chi connectivity index (χ3v) is 5.48. The first-order valence-corrected chi connectivity index (χ1v) is 9.21. The number of nitrogens with one attached hydrogen (secondary N) is 2. The fraction of sp³-hybridized carbons (Fsp3) is 0.261. The van der Waals surface area contributed by atoms with Crippen LogP contribution in [0.25, 0.3) is 0 Å². The Hall–Kier alpha value is -2.81. The number of hydrogen-bond donors (Lipinski definition) is 2. The zero-order valence-corrected chi connectivity index (χ0v) is 15.0. The van der Waals surface area contributed by atoms with Gasteiger partial charge in [-0.05, 0) is 36.5 Å². The van der Waals surface area contributed by atoms with Gasteiger partial charge in [-0.1, -0.05) is 60.2 Å². The number of fused-ring (bicyclic) bond motifs is 3. The predicted octanol–water partition coefficient (Wildman–Crippen LogP) is 4.74. The summed E-state index contributed by atoms with van der Waals surface area (Å²) >= 11 is 0. The van der Waals surface area contributed by atoms with Crippen molar-refractivity contribution >= 4 is 11.6 Å². The van der Waals surface area contributed by atoms with Gasteiger partial charge in [0.2, 0.25) is 0 Å². The summed E-state index contributed by atoms with van der Waals surface area (Å²) in [5, 5.41) is 6.61. The monoisotopic (exact) mass is 344 g/mol. The lowest BCUT2D eigenvalue weighted by Crippen LogP contribution is -2.32. The topological polar surface area (TPSA) is 41.1 Å². The van der Waals surface area contributed by atoms with Gasteiger partial charge in [0.1, 0.15) is 0 Å². The van der Waals surface area contributed by atoms with Crippen LogP contribution in [0.1, 0.15) is 45.4 Å². The zero-order chi connectivity index (χ0) is 18.1. The molecule has 2 aromatic carbocycles. The largest absolute Gasteiger partial charge is 0.377 e. The number of amides is 1. The Balaban J connectivity index is 1.76. The number of aryl methyl sites for hydroxylation is 1. The number of hydrogen-bond acceptors (Lipinski definition) is 2. The minimum Gasteiger partial charge on any atom is -0.377 e. The van der Waals surface area contributed by atoms with Crippen LogP contribution in [0.4, 0.5) is 5.69 Å². The molecule has 2 aliphatic rings. The fourth-order valence-corrected chi connectivity index (χ4v) is 4.17. The predicted molar refractivity (Wildman–Crippen MR) is 107 cm³/mol. The van der Waals surface area contributed by atoms with E-state index < -0.39 is 0 Å². The molecule has 0 saturated carbocycles. The maximum Gasteiger partial charge on any atom is 0.253 e. The summed E-state index contributed by atoms with van der Waals surface area (Å²) in [5.41, 5.74) is 5.43. The number of rotatable bonds is 4. The third kappa shape index (κ3) is 2.84. The maximum atomic E-state index is 12.6. The molecule has 3 nitrogen and oxygen atoms in total. The second-order valence-corrected chi connectivity index (χ2v) is 7.15. The number of carbonyl (C=O) groups excluding carboxylic acids is 1. The molecule has 132 valence electrons. The van der Waals surface area contributed by atoms with Crippen molar-refractivity contribution in [2.45, 2.75) is 25.3 Å². The molecule has 0 spiro atoms. The molecule has 1 amide bonds. The third-order valence-electron chi connectivity index (χ3n) is 5.48. The van der Waals surface area contributed by atoms with Crippen molar-refractivity contribution in [3.8, 4) is 0 Å². The lowest BCUT2D eigenvalue weighted by atomic mass is 9.76. The van der Waals surface area contributed by atoms with Gasteiger partial charge in [-0.25, -0.2) is 0 Å². The molecule has 2 aromatic rings. The molecule has 4 rings (SSSR count). The summed E-state index contributed by atoms with van der Waals surface area (Å²) < 4.78 is 0. The lowest BCUT2D eigenvalue weighted by Gasteiger charge is -2.38. The summed E-state index contributed by atoms with van der Waals surface area (Å²) in [6.45, 7) is 6.25. The molecule has 1 aliphatic carbocycles. The number of allylic oxidation sites excluding steroid dienone is 2. The number of para-hydroxylation sites is 1. The first-order valence-electron chi connectivity index (χ1n) is 9.21. The van der Waals surface area contributed by atoms with Crippen molar-refractivity contribution in [1.29, 1.82) is 0 Å². The fourth-order valence-electron chi connectivity index (χ4n) is 4.17. The molecule has 3 atom stereocenters. The molecule has 0 aromatic heterocycles. The highest BCUT2D eigenvalue weighted by molar-refractivity contribution is 6.00. The van der Waals surface area contributed by atoms with Crippen LogP contribution in [0.15, 0.2) is 67.3 Å². The Bertz CT molecular complexity index is 866. The van der Waals surface area contributed by atoms with Gasteiger partial charge in [-0.2, -0.15) is 0 Å². The molecule has 0 bridgehead atoms. The lowest BCUT2D eigenvalue weighted by molar-refractivity contribution is 0.0958. The molecule has 1 heterocycles. The normalized spacial score (nSPS) is 22.9. The molecule has 0 radical (unpaired) electrons. The van der Waals surface area contributed by atoms with Gasteiger partial charge in [0.05, 0.1) is 17.3 Å². The van der Waals surface area contributed by atoms with Gasteiger partial charge in [-0.3, -0.25) is 4.79 Å². The summed E-state index contributed by atoms with van der Waals surface area (Å²) in [4.78, 5) is 12.6. The Morgan fingerprint density at radius 1 is 1.27 bits per heavy atom. The van der Waals surface area contributed by atoms with E-state index in [-0.39, 0.29) is 11.9 Å². The quantitative estimate of drug-likeness (QED) is 0.787. The summed E-state index contributed by atoms with van der Waals surface area (Å²) in [6.07, 6.45) is 7.34. The van der Waals surface area contributed by atoms with Gasteiger partial charge in [0.15, 0.2) is 0 Å². The highest BCUT2D eigenvalue weighted by atomic mass is 16.1. The van der Waals surface area contributed by atoms with Crippen LogP contribution in [0.2, 0.25) is 0 Å². The first kappa shape index (κ1) is 16.6. The highest BCUT2D eigenvalue weighted by Crippen LogP contribution is 2.50. The summed E-state index contributed by atoms with van der Waals surface area (Å²) in [7, 11) is 0. The molecule has 1 aliphatic heterocycles. The van der Waals surface area contributed by atoms with Crippen LogP contribution in [-0.4, -0.2) is 12.5 Å². The van der Waals surface area contributed by atoms with Crippen molar-refractivity contribution in [3.05, 3.63) is 89.5 Å². The summed E-state index contributed by atoms with van der Waals surface area (Å²) in [5.74, 6) is 0.777. The Morgan fingerprint density at radius 3 is 2.85 bits per heavy atom. The zero-order valence-electron chi connectivity index (χ0n) is 15.0. The van der Waals surface area contributed by atoms with Crippen molar-refractivity contribution in [1.82, 2.24) is 5.32 Å². The van der Waals surface area contributed by atoms with E-state index in [4.69, 9.17) is 0 Å². The molecule has 0 saturated heterocycles. The van der Waals surface area contributed by atoms with Crippen LogP contribution in [0, 0.1) is 12.8 Å². The van der Waals surface area contributed by atoms with E-state index in [9.17, 15) is 4.79 Å². The van der Waals surface area contributed by atoms with Crippen molar-refractivity contribution in [2.24, 2.45) is 5.92 Å².